The molecular weight excluding hydrogens is 356 g/mol. The van der Waals surface area contributed by atoms with E-state index < -0.39 is 23.8 Å². The quantitative estimate of drug-likeness (QED) is 0.371. The summed E-state index contributed by atoms with van der Waals surface area (Å²) in [5.41, 5.74) is -1.80. The van der Waals surface area contributed by atoms with E-state index >= 15 is 0 Å². The van der Waals surface area contributed by atoms with Gasteiger partial charge in [0.05, 0.1) is 0 Å². The van der Waals surface area contributed by atoms with Gasteiger partial charge in [0.1, 0.15) is 5.69 Å². The van der Waals surface area contributed by atoms with E-state index in [4.69, 9.17) is 23.2 Å². The molecule has 0 spiro atoms. The largest absolute Gasteiger partial charge is 0.416 e. The molecule has 0 saturated heterocycles. The van der Waals surface area contributed by atoms with Crippen molar-refractivity contribution in [3.8, 4) is 17.0 Å². The van der Waals surface area contributed by atoms with Gasteiger partial charge in [0, 0.05) is 24.2 Å². The Morgan fingerprint density at radius 1 is 1.24 bits per heavy atom. The molecule has 0 bridgehead atoms. The maximum absolute atomic E-state index is 12.4. The number of ether oxygens (including phenoxy) is 1. The molecule has 25 heavy (non-hydrogen) atoms. The molecule has 0 fully saturated rings. The first-order chi connectivity index (χ1) is 14.1. The number of carbonyl (C=O) groups excluding carboxylic acids is 1. The van der Waals surface area contributed by atoms with Gasteiger partial charge in [-0.25, -0.2) is 4.79 Å². The van der Waals surface area contributed by atoms with Crippen molar-refractivity contribution in [1.29, 1.82) is 0 Å². The molecule has 0 aliphatic rings. The summed E-state index contributed by atoms with van der Waals surface area (Å²) >= 11 is 5.93. The molecule has 0 saturated carbocycles. The van der Waals surface area contributed by atoms with Crippen molar-refractivity contribution in [2.75, 3.05) is 5.70 Å². The minimum atomic E-state index is -2.67. The Morgan fingerprint density at radius 3 is 2.80 bits per heavy atom. The van der Waals surface area contributed by atoms with Crippen molar-refractivity contribution < 1.29 is 16.4 Å². The van der Waals surface area contributed by atoms with Crippen LogP contribution in [0.15, 0.2) is 36.4 Å². The lowest BCUT2D eigenvalue weighted by molar-refractivity contribution is 0.227. The standard InChI is InChI=1S/C19H23ClN2O2S/c1-2-3-4-5-6-10-13-25-19(23)24-16-14-17(20)21-22-18(16)15-11-8-7-9-12-15/h7-9,11-12,14H,2-6,10,13H2,1H3/i6D,10D2,13D2. The normalized spacial score (nSPS) is 16.0. The number of benzene rings is 1. The fourth-order valence-corrected chi connectivity index (χ4v) is 2.51. The molecule has 0 aliphatic heterocycles. The van der Waals surface area contributed by atoms with Crippen LogP contribution in [0.3, 0.4) is 0 Å². The number of hydrogen-bond donors (Lipinski definition) is 0. The number of nitrogens with zero attached hydrogens (tertiary/aromatic N) is 2. The van der Waals surface area contributed by atoms with Crippen LogP contribution in [0.25, 0.3) is 11.3 Å². The van der Waals surface area contributed by atoms with Crippen LogP contribution < -0.4 is 4.74 Å². The van der Waals surface area contributed by atoms with Crippen LogP contribution in [0.1, 0.15) is 52.2 Å². The predicted molar refractivity (Wildman–Crippen MR) is 104 cm³/mol. The van der Waals surface area contributed by atoms with E-state index in [0.717, 1.165) is 12.8 Å². The zero-order valence-electron chi connectivity index (χ0n) is 18.9. The van der Waals surface area contributed by atoms with Gasteiger partial charge in [0.15, 0.2) is 10.9 Å². The van der Waals surface area contributed by atoms with E-state index in [1.807, 2.05) is 13.0 Å². The van der Waals surface area contributed by atoms with Crippen LogP contribution in [-0.2, 0) is 0 Å². The van der Waals surface area contributed by atoms with E-state index in [-0.39, 0.29) is 34.8 Å². The highest BCUT2D eigenvalue weighted by molar-refractivity contribution is 8.13. The maximum atomic E-state index is 12.4. The third-order valence-electron chi connectivity index (χ3n) is 3.22. The number of halogens is 1. The lowest BCUT2D eigenvalue weighted by atomic mass is 10.1. The van der Waals surface area contributed by atoms with Crippen LogP contribution >= 0.6 is 23.4 Å². The fraction of sp³-hybridized carbons (Fsp3) is 0.421. The molecule has 0 radical (unpaired) electrons. The van der Waals surface area contributed by atoms with Crippen molar-refractivity contribution in [2.24, 2.45) is 0 Å². The number of rotatable bonds is 9. The van der Waals surface area contributed by atoms with Gasteiger partial charge in [0.25, 0.3) is 0 Å². The number of aromatic nitrogens is 2. The Bertz CT molecular complexity index is 858. The molecule has 4 nitrogen and oxygen atoms in total. The SMILES string of the molecule is [2H]C(CCCCC)C([2H])([2H])C([2H])([2H])SC(=O)Oc1cc(Cl)nnc1-c1ccccc1. The molecule has 2 aromatic rings. The van der Waals surface area contributed by atoms with Crippen LogP contribution in [0.5, 0.6) is 5.75 Å². The second-order valence-corrected chi connectivity index (χ2v) is 6.28. The molecule has 1 heterocycles. The van der Waals surface area contributed by atoms with Gasteiger partial charge in [0.2, 0.25) is 0 Å². The second kappa shape index (κ2) is 11.1. The Hall–Kier alpha value is -1.59. The minimum absolute atomic E-state index is 0.0111. The van der Waals surface area contributed by atoms with Crippen molar-refractivity contribution in [3.63, 3.8) is 0 Å². The van der Waals surface area contributed by atoms with Gasteiger partial charge < -0.3 is 4.74 Å². The van der Waals surface area contributed by atoms with Crippen LogP contribution in [0, 0.1) is 0 Å². The van der Waals surface area contributed by atoms with E-state index in [0.29, 0.717) is 12.0 Å². The minimum Gasteiger partial charge on any atom is -0.416 e. The molecule has 1 aromatic heterocycles. The molecule has 0 aliphatic carbocycles. The Labute approximate surface area is 165 Å². The van der Waals surface area contributed by atoms with Crippen molar-refractivity contribution >= 4 is 28.7 Å². The zero-order valence-corrected chi connectivity index (χ0v) is 15.4. The van der Waals surface area contributed by atoms with Crippen molar-refractivity contribution in [3.05, 3.63) is 41.6 Å². The van der Waals surface area contributed by atoms with Crippen LogP contribution in [0.4, 0.5) is 4.79 Å². The predicted octanol–water partition coefficient (Wildman–Crippen LogP) is 6.39. The number of unbranched alkanes of at least 4 members (excludes halogenated alkanes) is 2. The summed E-state index contributed by atoms with van der Waals surface area (Å²) in [4.78, 5) is 12.4. The topological polar surface area (TPSA) is 52.1 Å². The van der Waals surface area contributed by atoms with Gasteiger partial charge in [-0.2, -0.15) is 0 Å². The molecule has 134 valence electrons. The monoisotopic (exact) mass is 383 g/mol. The summed E-state index contributed by atoms with van der Waals surface area (Å²) in [5.74, 6) is -0.0135. The summed E-state index contributed by atoms with van der Waals surface area (Å²) in [7, 11) is 0. The molecular formula is C19H23ClN2O2S. The zero-order chi connectivity index (χ0) is 22.4. The summed E-state index contributed by atoms with van der Waals surface area (Å²) in [6, 6.07) is 10.1. The summed E-state index contributed by atoms with van der Waals surface area (Å²) in [6.45, 7) is 1.99. The first-order valence-electron chi connectivity index (χ1n) is 10.6. The summed E-state index contributed by atoms with van der Waals surface area (Å²) in [5, 5.41) is 6.63. The fourth-order valence-electron chi connectivity index (χ4n) is 2.02. The Morgan fingerprint density at radius 2 is 2.04 bits per heavy atom. The molecule has 0 N–H and O–H groups in total. The Balaban J connectivity index is 2.15. The van der Waals surface area contributed by atoms with Crippen LogP contribution in [0.2, 0.25) is 5.15 Å². The smallest absolute Gasteiger partial charge is 0.372 e. The maximum Gasteiger partial charge on any atom is 0.372 e. The number of carbonyl (C=O) groups is 1. The molecule has 0 amide bonds. The highest BCUT2D eigenvalue weighted by Crippen LogP contribution is 2.30. The Kier molecular flexibility index (Phi) is 6.04. The van der Waals surface area contributed by atoms with E-state index in [1.165, 1.54) is 6.07 Å². The van der Waals surface area contributed by atoms with Gasteiger partial charge in [-0.3, -0.25) is 0 Å². The summed E-state index contributed by atoms with van der Waals surface area (Å²) in [6.07, 6.45) is -1.29. The molecule has 1 aromatic carbocycles. The van der Waals surface area contributed by atoms with Crippen LogP contribution in [-0.4, -0.2) is 21.2 Å². The van der Waals surface area contributed by atoms with Gasteiger partial charge >= 0.3 is 5.30 Å². The molecule has 1 unspecified atom stereocenters. The summed E-state index contributed by atoms with van der Waals surface area (Å²) < 4.78 is 45.6. The average Bonchev–Trinajstić information content (AvgIpc) is 2.68. The van der Waals surface area contributed by atoms with Crippen molar-refractivity contribution in [1.82, 2.24) is 10.2 Å². The van der Waals surface area contributed by atoms with Gasteiger partial charge in [-0.15, -0.1) is 10.2 Å². The lowest BCUT2D eigenvalue weighted by Crippen LogP contribution is -2.04. The van der Waals surface area contributed by atoms with E-state index in [9.17, 15) is 4.79 Å². The van der Waals surface area contributed by atoms with Gasteiger partial charge in [-0.1, -0.05) is 80.9 Å². The highest BCUT2D eigenvalue weighted by Gasteiger charge is 2.14. The first kappa shape index (κ1) is 13.6. The van der Waals surface area contributed by atoms with Crippen molar-refractivity contribution in [2.45, 2.75) is 45.4 Å². The highest BCUT2D eigenvalue weighted by atomic mass is 35.5. The number of hydrogen-bond acceptors (Lipinski definition) is 5. The van der Waals surface area contributed by atoms with E-state index in [1.54, 1.807) is 24.3 Å². The third-order valence-corrected chi connectivity index (χ3v) is 3.87. The average molecular weight is 384 g/mol. The molecule has 1 atom stereocenters. The van der Waals surface area contributed by atoms with E-state index in [2.05, 4.69) is 10.2 Å². The van der Waals surface area contributed by atoms with Gasteiger partial charge in [-0.05, 0) is 18.1 Å². The second-order valence-electron chi connectivity index (χ2n) is 5.15. The lowest BCUT2D eigenvalue weighted by Gasteiger charge is -2.09. The number of thioether (sulfide) groups is 1. The first-order valence-corrected chi connectivity index (χ1v) is 9.19. The molecule has 6 heteroatoms. The third kappa shape index (κ3) is 7.04. The molecule has 2 rings (SSSR count).